The van der Waals surface area contributed by atoms with Crippen LogP contribution < -0.4 is 5.32 Å². The molecule has 5 heteroatoms. The lowest BCUT2D eigenvalue weighted by molar-refractivity contribution is -0.131. The molecule has 0 saturated carbocycles. The molecule has 2 aromatic carbocycles. The zero-order chi connectivity index (χ0) is 23.8. The van der Waals surface area contributed by atoms with Gasteiger partial charge in [-0.25, -0.2) is 0 Å². The van der Waals surface area contributed by atoms with E-state index in [9.17, 15) is 4.79 Å². The maximum absolute atomic E-state index is 12.2. The van der Waals surface area contributed by atoms with Gasteiger partial charge in [-0.1, -0.05) is 38.1 Å². The second-order valence-corrected chi connectivity index (χ2v) is 9.89. The molecule has 1 fully saturated rings. The second-order valence-electron chi connectivity index (χ2n) is 9.89. The molecule has 0 aliphatic carbocycles. The first-order valence-electron chi connectivity index (χ1n) is 12.4. The summed E-state index contributed by atoms with van der Waals surface area (Å²) in [6.45, 7) is 8.71. The lowest BCUT2D eigenvalue weighted by atomic mass is 9.87. The summed E-state index contributed by atoms with van der Waals surface area (Å²) in [5.41, 5.74) is 8.43. The van der Waals surface area contributed by atoms with Gasteiger partial charge in [0.25, 0.3) is 0 Å². The van der Waals surface area contributed by atoms with Crippen molar-refractivity contribution in [3.05, 3.63) is 65.4 Å². The van der Waals surface area contributed by atoms with Crippen molar-refractivity contribution >= 4 is 27.7 Å². The van der Waals surface area contributed by atoms with Crippen molar-refractivity contribution < 1.29 is 4.79 Å². The molecule has 176 valence electrons. The van der Waals surface area contributed by atoms with Gasteiger partial charge < -0.3 is 15.2 Å². The molecule has 1 aliphatic heterocycles. The monoisotopic (exact) mass is 454 g/mol. The normalized spacial score (nSPS) is 15.0. The van der Waals surface area contributed by atoms with Crippen LogP contribution in [-0.4, -0.2) is 47.5 Å². The molecule has 0 unspecified atom stereocenters. The third kappa shape index (κ3) is 4.09. The predicted octanol–water partition coefficient (Wildman–Crippen LogP) is 5.74. The van der Waals surface area contributed by atoms with Crippen LogP contribution in [0.3, 0.4) is 0 Å². The average Bonchev–Trinajstić information content (AvgIpc) is 3.22. The van der Waals surface area contributed by atoms with Gasteiger partial charge in [0, 0.05) is 40.6 Å². The number of benzene rings is 2. The SMILES string of the molecule is CNCC(=O)N1CCC(c2ccc3[nH]c(-c4cc(C)nc5ccccc45)c(C(C)C)c3c2)CC1. The Balaban J connectivity index is 1.54. The Bertz CT molecular complexity index is 1350. The van der Waals surface area contributed by atoms with Gasteiger partial charge >= 0.3 is 0 Å². The van der Waals surface area contributed by atoms with Crippen LogP contribution in [0.4, 0.5) is 0 Å². The van der Waals surface area contributed by atoms with E-state index in [2.05, 4.69) is 79.6 Å². The maximum atomic E-state index is 12.2. The van der Waals surface area contributed by atoms with Crippen LogP contribution in [0.2, 0.25) is 0 Å². The van der Waals surface area contributed by atoms with E-state index in [0.29, 0.717) is 18.4 Å². The third-order valence-corrected chi connectivity index (χ3v) is 7.20. The van der Waals surface area contributed by atoms with Crippen LogP contribution in [0.15, 0.2) is 48.5 Å². The highest BCUT2D eigenvalue weighted by Gasteiger charge is 2.25. The number of carbonyl (C=O) groups excluding carboxylic acids is 1. The molecule has 0 spiro atoms. The van der Waals surface area contributed by atoms with Gasteiger partial charge in [-0.05, 0) is 74.0 Å². The van der Waals surface area contributed by atoms with Crippen molar-refractivity contribution in [2.45, 2.75) is 45.4 Å². The Hall–Kier alpha value is -3.18. The fourth-order valence-electron chi connectivity index (χ4n) is 5.54. The van der Waals surface area contributed by atoms with Gasteiger partial charge in [0.15, 0.2) is 0 Å². The van der Waals surface area contributed by atoms with E-state index >= 15 is 0 Å². The van der Waals surface area contributed by atoms with Gasteiger partial charge in [-0.15, -0.1) is 0 Å². The number of likely N-dealkylation sites (tertiary alicyclic amines) is 1. The first kappa shape index (κ1) is 22.6. The van der Waals surface area contributed by atoms with Gasteiger partial charge in [-0.2, -0.15) is 0 Å². The zero-order valence-electron chi connectivity index (χ0n) is 20.6. The molecule has 0 radical (unpaired) electrons. The Morgan fingerprint density at radius 3 is 2.62 bits per heavy atom. The van der Waals surface area contributed by atoms with E-state index in [1.807, 2.05) is 11.9 Å². The molecule has 3 heterocycles. The number of nitrogens with one attached hydrogen (secondary N) is 2. The minimum Gasteiger partial charge on any atom is -0.354 e. The molecule has 0 bridgehead atoms. The molecule has 5 rings (SSSR count). The molecule has 2 N–H and O–H groups in total. The molecular weight excluding hydrogens is 420 g/mol. The smallest absolute Gasteiger partial charge is 0.236 e. The van der Waals surface area contributed by atoms with Gasteiger partial charge in [-0.3, -0.25) is 9.78 Å². The Labute approximate surface area is 201 Å². The molecule has 1 aliphatic rings. The van der Waals surface area contributed by atoms with Crippen molar-refractivity contribution in [2.75, 3.05) is 26.7 Å². The summed E-state index contributed by atoms with van der Waals surface area (Å²) in [7, 11) is 1.83. The zero-order valence-corrected chi connectivity index (χ0v) is 20.6. The number of hydrogen-bond acceptors (Lipinski definition) is 3. The number of carbonyl (C=O) groups is 1. The summed E-state index contributed by atoms with van der Waals surface area (Å²) in [6.07, 6.45) is 2.03. The quantitative estimate of drug-likeness (QED) is 0.404. The van der Waals surface area contributed by atoms with E-state index in [-0.39, 0.29) is 5.91 Å². The molecular formula is C29H34N4O. The van der Waals surface area contributed by atoms with E-state index in [4.69, 9.17) is 4.98 Å². The van der Waals surface area contributed by atoms with Gasteiger partial charge in [0.2, 0.25) is 5.91 Å². The standard InChI is InChI=1S/C29H34N4O/c1-18(2)28-24-16-21(20-11-13-33(14-12-20)27(34)17-30-4)9-10-26(24)32-29(28)23-15-19(3)31-25-8-6-5-7-22(23)25/h5-10,15-16,18,20,30,32H,11-14,17H2,1-4H3. The second kappa shape index (κ2) is 9.22. The van der Waals surface area contributed by atoms with Crippen LogP contribution >= 0.6 is 0 Å². The first-order valence-corrected chi connectivity index (χ1v) is 12.4. The number of aromatic amines is 1. The van der Waals surface area contributed by atoms with Crippen LogP contribution in [0, 0.1) is 6.92 Å². The fourth-order valence-corrected chi connectivity index (χ4v) is 5.54. The summed E-state index contributed by atoms with van der Waals surface area (Å²) in [4.78, 5) is 22.8. The molecule has 1 amide bonds. The van der Waals surface area contributed by atoms with Crippen molar-refractivity contribution in [1.29, 1.82) is 0 Å². The van der Waals surface area contributed by atoms with Crippen LogP contribution in [-0.2, 0) is 4.79 Å². The first-order chi connectivity index (χ1) is 16.5. The number of aromatic nitrogens is 2. The fraction of sp³-hybridized carbons (Fsp3) is 0.379. The highest BCUT2D eigenvalue weighted by Crippen LogP contribution is 2.40. The molecule has 2 aromatic heterocycles. The van der Waals surface area contributed by atoms with E-state index in [0.717, 1.165) is 37.1 Å². The summed E-state index contributed by atoms with van der Waals surface area (Å²) in [6, 6.07) is 17.5. The highest BCUT2D eigenvalue weighted by atomic mass is 16.2. The Morgan fingerprint density at radius 2 is 1.88 bits per heavy atom. The largest absolute Gasteiger partial charge is 0.354 e. The van der Waals surface area contributed by atoms with Crippen molar-refractivity contribution in [3.8, 4) is 11.3 Å². The Morgan fingerprint density at radius 1 is 1.12 bits per heavy atom. The molecule has 5 nitrogen and oxygen atoms in total. The summed E-state index contributed by atoms with van der Waals surface area (Å²) in [5.74, 6) is 1.08. The Kier molecular flexibility index (Phi) is 6.13. The number of fused-ring (bicyclic) bond motifs is 2. The lowest BCUT2D eigenvalue weighted by Crippen LogP contribution is -2.41. The number of hydrogen-bond donors (Lipinski definition) is 2. The van der Waals surface area contributed by atoms with Crippen LogP contribution in [0.1, 0.15) is 55.3 Å². The number of aryl methyl sites for hydroxylation is 1. The number of piperidine rings is 1. The lowest BCUT2D eigenvalue weighted by Gasteiger charge is -2.32. The number of likely N-dealkylation sites (N-methyl/N-ethyl adjacent to an activating group) is 1. The number of pyridine rings is 1. The molecule has 0 atom stereocenters. The van der Waals surface area contributed by atoms with E-state index in [1.165, 1.54) is 38.7 Å². The predicted molar refractivity (Wildman–Crippen MR) is 140 cm³/mol. The molecule has 34 heavy (non-hydrogen) atoms. The molecule has 4 aromatic rings. The highest BCUT2D eigenvalue weighted by molar-refractivity contribution is 6.00. The third-order valence-electron chi connectivity index (χ3n) is 7.20. The summed E-state index contributed by atoms with van der Waals surface area (Å²) >= 11 is 0. The average molecular weight is 455 g/mol. The van der Waals surface area contributed by atoms with Gasteiger partial charge in [0.05, 0.1) is 17.8 Å². The van der Waals surface area contributed by atoms with E-state index < -0.39 is 0 Å². The number of amides is 1. The topological polar surface area (TPSA) is 61.0 Å². The van der Waals surface area contributed by atoms with E-state index in [1.54, 1.807) is 0 Å². The number of rotatable bonds is 5. The number of para-hydroxylation sites is 1. The van der Waals surface area contributed by atoms with Crippen LogP contribution in [0.25, 0.3) is 33.1 Å². The van der Waals surface area contributed by atoms with Gasteiger partial charge in [0.1, 0.15) is 0 Å². The summed E-state index contributed by atoms with van der Waals surface area (Å²) < 4.78 is 0. The number of nitrogens with zero attached hydrogens (tertiary/aromatic N) is 2. The number of H-pyrrole nitrogens is 1. The van der Waals surface area contributed by atoms with Crippen LogP contribution in [0.5, 0.6) is 0 Å². The minimum atomic E-state index is 0.202. The minimum absolute atomic E-state index is 0.202. The van der Waals surface area contributed by atoms with Crippen molar-refractivity contribution in [3.63, 3.8) is 0 Å². The maximum Gasteiger partial charge on any atom is 0.236 e. The summed E-state index contributed by atoms with van der Waals surface area (Å²) in [5, 5.41) is 5.47. The van der Waals surface area contributed by atoms with Crippen molar-refractivity contribution in [2.24, 2.45) is 0 Å². The molecule has 1 saturated heterocycles. The van der Waals surface area contributed by atoms with Crippen molar-refractivity contribution in [1.82, 2.24) is 20.2 Å².